The number of benzene rings is 2. The van der Waals surface area contributed by atoms with Crippen LogP contribution in [0, 0.1) is 11.3 Å². The Morgan fingerprint density at radius 2 is 1.67 bits per heavy atom. The van der Waals surface area contributed by atoms with Crippen molar-refractivity contribution in [2.75, 3.05) is 33.3 Å². The molecule has 1 amide bonds. The number of rotatable bonds is 9. The molecule has 0 heterocycles. The van der Waals surface area contributed by atoms with E-state index in [1.165, 1.54) is 0 Å². The quantitative estimate of drug-likeness (QED) is 0.729. The van der Waals surface area contributed by atoms with Crippen molar-refractivity contribution in [3.05, 3.63) is 42.0 Å². The van der Waals surface area contributed by atoms with Gasteiger partial charge >= 0.3 is 0 Å². The lowest BCUT2D eigenvalue weighted by atomic mass is 10.1. The number of nitrogens with zero attached hydrogens (tertiary/aromatic N) is 1. The molecule has 27 heavy (non-hydrogen) atoms. The highest BCUT2D eigenvalue weighted by Crippen LogP contribution is 2.38. The van der Waals surface area contributed by atoms with E-state index >= 15 is 0 Å². The molecule has 7 heteroatoms. The fourth-order valence-corrected chi connectivity index (χ4v) is 2.51. The third-order valence-corrected chi connectivity index (χ3v) is 3.81. The van der Waals surface area contributed by atoms with E-state index in [1.54, 1.807) is 45.6 Å². The van der Waals surface area contributed by atoms with Gasteiger partial charge in [0.05, 0.1) is 21.3 Å². The summed E-state index contributed by atoms with van der Waals surface area (Å²) in [5, 5.41) is 11.3. The van der Waals surface area contributed by atoms with Crippen LogP contribution in [-0.2, 0) is 11.2 Å². The van der Waals surface area contributed by atoms with Gasteiger partial charge < -0.3 is 24.3 Å². The van der Waals surface area contributed by atoms with Gasteiger partial charge in [-0.2, -0.15) is 5.26 Å². The van der Waals surface area contributed by atoms with Crippen molar-refractivity contribution in [1.29, 1.82) is 5.26 Å². The number of nitriles is 1. The zero-order valence-electron chi connectivity index (χ0n) is 15.6. The Balaban J connectivity index is 1.96. The van der Waals surface area contributed by atoms with Crippen molar-refractivity contribution in [2.24, 2.45) is 0 Å². The molecule has 7 nitrogen and oxygen atoms in total. The lowest BCUT2D eigenvalue weighted by molar-refractivity contribution is -0.116. The predicted octanol–water partition coefficient (Wildman–Crippen LogP) is 3.19. The second-order valence-corrected chi connectivity index (χ2v) is 5.55. The van der Waals surface area contributed by atoms with Crippen molar-refractivity contribution >= 4 is 11.6 Å². The molecule has 0 radical (unpaired) electrons. The van der Waals surface area contributed by atoms with E-state index in [0.717, 1.165) is 5.56 Å². The number of ether oxygens (including phenoxy) is 4. The second-order valence-electron chi connectivity index (χ2n) is 5.55. The molecule has 142 valence electrons. The molecule has 0 aliphatic carbocycles. The molecular weight excluding hydrogens is 348 g/mol. The molecule has 0 saturated carbocycles. The highest BCUT2D eigenvalue weighted by atomic mass is 16.5. The molecule has 2 aromatic rings. The van der Waals surface area contributed by atoms with Crippen molar-refractivity contribution < 1.29 is 23.7 Å². The molecular formula is C20H22N2O5. The van der Waals surface area contributed by atoms with Gasteiger partial charge in [-0.1, -0.05) is 0 Å². The van der Waals surface area contributed by atoms with Crippen LogP contribution in [0.3, 0.4) is 0 Å². The van der Waals surface area contributed by atoms with Gasteiger partial charge in [-0.3, -0.25) is 4.79 Å². The van der Waals surface area contributed by atoms with Crippen LogP contribution < -0.4 is 24.3 Å². The van der Waals surface area contributed by atoms with Gasteiger partial charge in [0, 0.05) is 12.1 Å². The molecule has 0 fully saturated rings. The zero-order chi connectivity index (χ0) is 19.6. The van der Waals surface area contributed by atoms with Gasteiger partial charge in [0.25, 0.3) is 0 Å². The number of hydrogen-bond acceptors (Lipinski definition) is 6. The number of anilines is 1. The monoisotopic (exact) mass is 370 g/mol. The fourth-order valence-electron chi connectivity index (χ4n) is 2.51. The Hall–Kier alpha value is -3.40. The number of nitrogens with one attached hydrogen (secondary N) is 1. The number of amides is 1. The van der Waals surface area contributed by atoms with Crippen LogP contribution in [-0.4, -0.2) is 33.8 Å². The topological polar surface area (TPSA) is 89.8 Å². The normalized spacial score (nSPS) is 9.85. The molecule has 2 aromatic carbocycles. The molecule has 2 rings (SSSR count). The largest absolute Gasteiger partial charge is 0.493 e. The Morgan fingerprint density at radius 1 is 1.04 bits per heavy atom. The van der Waals surface area contributed by atoms with E-state index in [0.29, 0.717) is 41.5 Å². The minimum atomic E-state index is -0.116. The van der Waals surface area contributed by atoms with E-state index in [1.807, 2.05) is 18.2 Å². The Kier molecular flexibility index (Phi) is 7.32. The number of carbonyl (C=O) groups excluding carboxylic acids is 1. The first-order valence-electron chi connectivity index (χ1n) is 8.29. The minimum Gasteiger partial charge on any atom is -0.493 e. The maximum atomic E-state index is 12.2. The lowest BCUT2D eigenvalue weighted by Gasteiger charge is -2.14. The van der Waals surface area contributed by atoms with E-state index in [-0.39, 0.29) is 12.5 Å². The molecule has 0 atom stereocenters. The average Bonchev–Trinajstić information content (AvgIpc) is 2.70. The molecule has 0 bridgehead atoms. The summed E-state index contributed by atoms with van der Waals surface area (Å²) >= 11 is 0. The fraction of sp³-hybridized carbons (Fsp3) is 0.300. The van der Waals surface area contributed by atoms with Crippen LogP contribution in [0.4, 0.5) is 5.69 Å². The summed E-state index contributed by atoms with van der Waals surface area (Å²) in [7, 11) is 4.65. The SMILES string of the molecule is COc1cc(CCC(=O)Nc2ccc(OCC#N)cc2)cc(OC)c1OC. The predicted molar refractivity (Wildman–Crippen MR) is 101 cm³/mol. The van der Waals surface area contributed by atoms with E-state index in [4.69, 9.17) is 24.2 Å². The summed E-state index contributed by atoms with van der Waals surface area (Å²) in [4.78, 5) is 12.2. The van der Waals surface area contributed by atoms with Gasteiger partial charge in [0.1, 0.15) is 11.8 Å². The van der Waals surface area contributed by atoms with Gasteiger partial charge in [0.15, 0.2) is 18.1 Å². The highest BCUT2D eigenvalue weighted by molar-refractivity contribution is 5.90. The Morgan fingerprint density at radius 3 is 2.19 bits per heavy atom. The Bertz CT molecular complexity index is 787. The van der Waals surface area contributed by atoms with Gasteiger partial charge in [-0.15, -0.1) is 0 Å². The summed E-state index contributed by atoms with van der Waals surface area (Å²) < 4.78 is 21.1. The van der Waals surface area contributed by atoms with E-state index in [2.05, 4.69) is 5.32 Å². The van der Waals surface area contributed by atoms with Gasteiger partial charge in [-0.05, 0) is 48.4 Å². The smallest absolute Gasteiger partial charge is 0.224 e. The van der Waals surface area contributed by atoms with Crippen LogP contribution in [0.25, 0.3) is 0 Å². The first kappa shape index (κ1) is 19.9. The maximum Gasteiger partial charge on any atom is 0.224 e. The summed E-state index contributed by atoms with van der Waals surface area (Å²) in [5.74, 6) is 2.09. The lowest BCUT2D eigenvalue weighted by Crippen LogP contribution is -2.12. The average molecular weight is 370 g/mol. The van der Waals surface area contributed by atoms with Crippen molar-refractivity contribution in [2.45, 2.75) is 12.8 Å². The Labute approximate surface area is 158 Å². The summed E-state index contributed by atoms with van der Waals surface area (Å²) in [6.45, 7) is -0.0134. The van der Waals surface area contributed by atoms with Crippen LogP contribution in [0.2, 0.25) is 0 Å². The molecule has 0 saturated heterocycles. The van der Waals surface area contributed by atoms with E-state index < -0.39 is 0 Å². The summed E-state index contributed by atoms with van der Waals surface area (Å²) in [6.07, 6.45) is 0.817. The molecule has 0 aromatic heterocycles. The van der Waals surface area contributed by atoms with Crippen LogP contribution in [0.5, 0.6) is 23.0 Å². The minimum absolute atomic E-state index is 0.0134. The van der Waals surface area contributed by atoms with Gasteiger partial charge in [0.2, 0.25) is 11.7 Å². The van der Waals surface area contributed by atoms with Crippen LogP contribution in [0.1, 0.15) is 12.0 Å². The maximum absolute atomic E-state index is 12.2. The van der Waals surface area contributed by atoms with Crippen molar-refractivity contribution in [3.8, 4) is 29.1 Å². The third-order valence-electron chi connectivity index (χ3n) is 3.81. The highest BCUT2D eigenvalue weighted by Gasteiger charge is 2.14. The third kappa shape index (κ3) is 5.54. The summed E-state index contributed by atoms with van der Waals surface area (Å²) in [6, 6.07) is 12.4. The molecule has 1 N–H and O–H groups in total. The first-order chi connectivity index (χ1) is 13.1. The number of carbonyl (C=O) groups is 1. The summed E-state index contributed by atoms with van der Waals surface area (Å²) in [5.41, 5.74) is 1.56. The standard InChI is InChI=1S/C20H22N2O5/c1-24-17-12-14(13-18(25-2)20(17)26-3)4-9-19(23)22-15-5-7-16(8-6-15)27-11-10-21/h5-8,12-13H,4,9,11H2,1-3H3,(H,22,23). The zero-order valence-corrected chi connectivity index (χ0v) is 15.6. The van der Waals surface area contributed by atoms with Gasteiger partial charge in [-0.25, -0.2) is 0 Å². The van der Waals surface area contributed by atoms with E-state index in [9.17, 15) is 4.79 Å². The van der Waals surface area contributed by atoms with Crippen molar-refractivity contribution in [1.82, 2.24) is 0 Å². The number of hydrogen-bond donors (Lipinski definition) is 1. The van der Waals surface area contributed by atoms with Crippen LogP contribution >= 0.6 is 0 Å². The van der Waals surface area contributed by atoms with Crippen molar-refractivity contribution in [3.63, 3.8) is 0 Å². The molecule has 0 spiro atoms. The molecule has 0 aliphatic heterocycles. The number of methoxy groups -OCH3 is 3. The number of aryl methyl sites for hydroxylation is 1. The first-order valence-corrected chi connectivity index (χ1v) is 8.29. The second kappa shape index (κ2) is 9.92. The molecule has 0 aliphatic rings. The molecule has 0 unspecified atom stereocenters. The van der Waals surface area contributed by atoms with Crippen LogP contribution in [0.15, 0.2) is 36.4 Å².